The van der Waals surface area contributed by atoms with Crippen molar-refractivity contribution in [1.29, 1.82) is 0 Å². The summed E-state index contributed by atoms with van der Waals surface area (Å²) < 4.78 is 13.4. The van der Waals surface area contributed by atoms with Crippen LogP contribution in [-0.4, -0.2) is 0 Å². The van der Waals surface area contributed by atoms with E-state index in [1.807, 2.05) is 12.1 Å². The zero-order valence-corrected chi connectivity index (χ0v) is 12.9. The summed E-state index contributed by atoms with van der Waals surface area (Å²) in [6.07, 6.45) is 2.28. The monoisotopic (exact) mass is 283 g/mol. The van der Waals surface area contributed by atoms with Crippen LogP contribution in [0.1, 0.15) is 43.0 Å². The Bertz CT molecular complexity index is 660. The minimum Gasteiger partial charge on any atom is -0.378 e. The topological polar surface area (TPSA) is 12.0 Å². The summed E-state index contributed by atoms with van der Waals surface area (Å²) in [7, 11) is 0. The lowest BCUT2D eigenvalue weighted by molar-refractivity contribution is 0.265. The second-order valence-electron chi connectivity index (χ2n) is 6.73. The van der Waals surface area contributed by atoms with E-state index >= 15 is 0 Å². The molecule has 3 rings (SSSR count). The molecule has 21 heavy (non-hydrogen) atoms. The van der Waals surface area contributed by atoms with Gasteiger partial charge in [0, 0.05) is 5.69 Å². The van der Waals surface area contributed by atoms with Crippen molar-refractivity contribution in [2.24, 2.45) is 5.41 Å². The average Bonchev–Trinajstić information content (AvgIpc) is 2.46. The Morgan fingerprint density at radius 3 is 2.67 bits per heavy atom. The summed E-state index contributed by atoms with van der Waals surface area (Å²) in [6, 6.07) is 14.2. The maximum Gasteiger partial charge on any atom is 0.126 e. The number of aryl methyl sites for hydroxylation is 2. The number of rotatable bonds is 2. The molecule has 2 aromatic carbocycles. The first kappa shape index (κ1) is 14.1. The molecule has 1 atom stereocenters. The van der Waals surface area contributed by atoms with Crippen molar-refractivity contribution >= 4 is 5.69 Å². The lowest BCUT2D eigenvalue weighted by atomic mass is 9.70. The molecule has 0 amide bonds. The van der Waals surface area contributed by atoms with Gasteiger partial charge in [0.05, 0.1) is 6.04 Å². The van der Waals surface area contributed by atoms with Crippen LogP contribution in [0.3, 0.4) is 0 Å². The second-order valence-corrected chi connectivity index (χ2v) is 6.73. The lowest BCUT2D eigenvalue weighted by Crippen LogP contribution is -2.33. The van der Waals surface area contributed by atoms with Gasteiger partial charge in [-0.3, -0.25) is 0 Å². The first-order chi connectivity index (χ1) is 9.97. The smallest absolute Gasteiger partial charge is 0.126 e. The Morgan fingerprint density at radius 1 is 1.14 bits per heavy atom. The van der Waals surface area contributed by atoms with Crippen molar-refractivity contribution in [2.75, 3.05) is 5.32 Å². The molecule has 0 bridgehead atoms. The minimum absolute atomic E-state index is 0.149. The molecule has 0 spiro atoms. The Balaban J connectivity index is 1.97. The van der Waals surface area contributed by atoms with Crippen LogP contribution in [0.25, 0.3) is 0 Å². The fourth-order valence-corrected chi connectivity index (χ4v) is 3.24. The van der Waals surface area contributed by atoms with E-state index in [0.29, 0.717) is 5.56 Å². The Labute approximate surface area is 126 Å². The molecule has 2 aromatic rings. The van der Waals surface area contributed by atoms with Crippen LogP contribution in [0.5, 0.6) is 0 Å². The van der Waals surface area contributed by atoms with Crippen molar-refractivity contribution < 1.29 is 4.39 Å². The lowest BCUT2D eigenvalue weighted by Gasteiger charge is -2.41. The first-order valence-corrected chi connectivity index (χ1v) is 7.58. The van der Waals surface area contributed by atoms with E-state index < -0.39 is 0 Å². The van der Waals surface area contributed by atoms with E-state index in [9.17, 15) is 4.39 Å². The minimum atomic E-state index is -0.149. The third-order valence-corrected chi connectivity index (χ3v) is 4.66. The van der Waals surface area contributed by atoms with Crippen molar-refractivity contribution in [3.63, 3.8) is 0 Å². The molecule has 1 aliphatic rings. The number of halogens is 1. The molecule has 0 saturated carbocycles. The number of fused-ring (bicyclic) bond motifs is 1. The molecule has 2 heteroatoms. The van der Waals surface area contributed by atoms with Gasteiger partial charge in [-0.25, -0.2) is 4.39 Å². The van der Waals surface area contributed by atoms with Gasteiger partial charge < -0.3 is 5.32 Å². The summed E-state index contributed by atoms with van der Waals surface area (Å²) in [4.78, 5) is 0. The van der Waals surface area contributed by atoms with Crippen LogP contribution in [-0.2, 0) is 6.42 Å². The third kappa shape index (κ3) is 2.67. The standard InChI is InChI=1S/C19H22FN/c1-13-12-15(8-9-17(13)20)21-18-16-7-5-4-6-14(16)10-11-19(18,2)3/h4-9,12,18,21H,10-11H2,1-3H3. The van der Waals surface area contributed by atoms with E-state index in [1.54, 1.807) is 13.0 Å². The molecule has 0 aliphatic heterocycles. The van der Waals surface area contributed by atoms with Gasteiger partial charge >= 0.3 is 0 Å². The van der Waals surface area contributed by atoms with Crippen LogP contribution < -0.4 is 5.32 Å². The van der Waals surface area contributed by atoms with Crippen LogP contribution in [0.2, 0.25) is 0 Å². The van der Waals surface area contributed by atoms with E-state index in [0.717, 1.165) is 18.5 Å². The highest BCUT2D eigenvalue weighted by Gasteiger charge is 2.35. The second kappa shape index (κ2) is 5.18. The molecule has 0 radical (unpaired) electrons. The Kier molecular flexibility index (Phi) is 3.48. The van der Waals surface area contributed by atoms with Crippen molar-refractivity contribution in [3.8, 4) is 0 Å². The molecule has 1 unspecified atom stereocenters. The van der Waals surface area contributed by atoms with Gasteiger partial charge in [0.15, 0.2) is 0 Å². The molecule has 0 fully saturated rings. The largest absolute Gasteiger partial charge is 0.378 e. The fourth-order valence-electron chi connectivity index (χ4n) is 3.24. The van der Waals surface area contributed by atoms with Crippen molar-refractivity contribution in [2.45, 2.75) is 39.7 Å². The number of nitrogens with one attached hydrogen (secondary N) is 1. The van der Waals surface area contributed by atoms with Crippen LogP contribution >= 0.6 is 0 Å². The number of hydrogen-bond acceptors (Lipinski definition) is 1. The zero-order chi connectivity index (χ0) is 15.0. The summed E-state index contributed by atoms with van der Waals surface area (Å²) in [5.41, 5.74) is 4.64. The summed E-state index contributed by atoms with van der Waals surface area (Å²) in [5.74, 6) is -0.149. The molecule has 1 nitrogen and oxygen atoms in total. The van der Waals surface area contributed by atoms with Gasteiger partial charge in [0.25, 0.3) is 0 Å². The molecule has 110 valence electrons. The highest BCUT2D eigenvalue weighted by molar-refractivity contribution is 5.50. The molecule has 0 heterocycles. The summed E-state index contributed by atoms with van der Waals surface area (Å²) in [6.45, 7) is 6.41. The van der Waals surface area contributed by atoms with Crippen LogP contribution in [0.4, 0.5) is 10.1 Å². The third-order valence-electron chi connectivity index (χ3n) is 4.66. The Hall–Kier alpha value is -1.83. The van der Waals surface area contributed by atoms with Crippen molar-refractivity contribution in [3.05, 3.63) is 65.0 Å². The van der Waals surface area contributed by atoms with Crippen LogP contribution in [0.15, 0.2) is 42.5 Å². The van der Waals surface area contributed by atoms with Crippen molar-refractivity contribution in [1.82, 2.24) is 0 Å². The van der Waals surface area contributed by atoms with Gasteiger partial charge in [-0.05, 0) is 60.1 Å². The van der Waals surface area contributed by atoms with E-state index in [2.05, 4.69) is 43.4 Å². The molecule has 1 N–H and O–H groups in total. The molecule has 0 aromatic heterocycles. The average molecular weight is 283 g/mol. The number of benzene rings is 2. The van der Waals surface area contributed by atoms with Gasteiger partial charge in [-0.1, -0.05) is 38.1 Å². The van der Waals surface area contributed by atoms with Gasteiger partial charge in [0.2, 0.25) is 0 Å². The van der Waals surface area contributed by atoms with Gasteiger partial charge in [-0.2, -0.15) is 0 Å². The molecular formula is C19H22FN. The summed E-state index contributed by atoms with van der Waals surface area (Å²) >= 11 is 0. The Morgan fingerprint density at radius 2 is 1.90 bits per heavy atom. The predicted octanol–water partition coefficient (Wildman–Crippen LogP) is 5.26. The quantitative estimate of drug-likeness (QED) is 0.792. The normalized spacial score (nSPS) is 19.9. The number of anilines is 1. The predicted molar refractivity (Wildman–Crippen MR) is 86.0 cm³/mol. The maximum atomic E-state index is 13.4. The van der Waals surface area contributed by atoms with Gasteiger partial charge in [-0.15, -0.1) is 0 Å². The fraction of sp³-hybridized carbons (Fsp3) is 0.368. The zero-order valence-electron chi connectivity index (χ0n) is 12.9. The SMILES string of the molecule is Cc1cc(NC2c3ccccc3CCC2(C)C)ccc1F. The van der Waals surface area contributed by atoms with Crippen LogP contribution in [0, 0.1) is 18.2 Å². The highest BCUT2D eigenvalue weighted by atomic mass is 19.1. The molecule has 1 aliphatic carbocycles. The van der Waals surface area contributed by atoms with E-state index in [-0.39, 0.29) is 17.3 Å². The molecular weight excluding hydrogens is 261 g/mol. The maximum absolute atomic E-state index is 13.4. The van der Waals surface area contributed by atoms with E-state index in [1.165, 1.54) is 11.1 Å². The van der Waals surface area contributed by atoms with Gasteiger partial charge in [0.1, 0.15) is 5.82 Å². The first-order valence-electron chi connectivity index (χ1n) is 7.58. The van der Waals surface area contributed by atoms with E-state index in [4.69, 9.17) is 0 Å². The number of hydrogen-bond donors (Lipinski definition) is 1. The highest BCUT2D eigenvalue weighted by Crippen LogP contribution is 2.45. The molecule has 0 saturated heterocycles. The summed E-state index contributed by atoms with van der Waals surface area (Å²) in [5, 5.41) is 3.63.